The molecule has 4 heteroatoms. The van der Waals surface area contributed by atoms with Crippen molar-refractivity contribution >= 4 is 47.8 Å². The monoisotopic (exact) mass is 473 g/mol. The molecule has 1 unspecified atom stereocenters. The second-order valence-corrected chi connectivity index (χ2v) is 7.69. The van der Waals surface area contributed by atoms with E-state index in [1.807, 2.05) is 0 Å². The maximum Gasteiger partial charge on any atom is 0.0372 e. The molecule has 21 heavy (non-hydrogen) atoms. The minimum absolute atomic E-state index is 0.297. The largest absolute Gasteiger partial charge is 0.310 e. The summed E-state index contributed by atoms with van der Waals surface area (Å²) in [5.41, 5.74) is 2.61. The first-order valence-corrected chi connectivity index (χ1v) is 9.41. The highest BCUT2D eigenvalue weighted by molar-refractivity contribution is 9.11. The van der Waals surface area contributed by atoms with E-state index in [4.69, 9.17) is 0 Å². The van der Waals surface area contributed by atoms with Crippen LogP contribution in [0, 0.1) is 0 Å². The molecule has 1 N–H and O–H groups in total. The van der Waals surface area contributed by atoms with Crippen LogP contribution < -0.4 is 5.32 Å². The topological polar surface area (TPSA) is 12.0 Å². The van der Waals surface area contributed by atoms with Gasteiger partial charge in [0, 0.05) is 19.5 Å². The quantitative estimate of drug-likeness (QED) is 0.520. The van der Waals surface area contributed by atoms with Crippen LogP contribution in [0.15, 0.2) is 55.9 Å². The predicted octanol–water partition coefficient (Wildman–Crippen LogP) is 6.26. The van der Waals surface area contributed by atoms with E-state index < -0.39 is 0 Å². The summed E-state index contributed by atoms with van der Waals surface area (Å²) in [7, 11) is 0. The van der Waals surface area contributed by atoms with Gasteiger partial charge in [0.25, 0.3) is 0 Å². The highest BCUT2D eigenvalue weighted by atomic mass is 79.9. The first kappa shape index (κ1) is 17.2. The lowest BCUT2D eigenvalue weighted by Gasteiger charge is -2.21. The van der Waals surface area contributed by atoms with Gasteiger partial charge in [-0.3, -0.25) is 0 Å². The third-order valence-electron chi connectivity index (χ3n) is 3.30. The van der Waals surface area contributed by atoms with Crippen molar-refractivity contribution in [1.29, 1.82) is 0 Å². The van der Waals surface area contributed by atoms with Crippen molar-refractivity contribution in [2.24, 2.45) is 0 Å². The zero-order chi connectivity index (χ0) is 15.2. The average molecular weight is 476 g/mol. The van der Waals surface area contributed by atoms with Crippen molar-refractivity contribution < 1.29 is 0 Å². The van der Waals surface area contributed by atoms with Gasteiger partial charge in [-0.05, 0) is 60.8 Å². The van der Waals surface area contributed by atoms with Crippen LogP contribution in [0.1, 0.15) is 30.5 Å². The maximum atomic E-state index is 3.68. The SMILES string of the molecule is CCCNC(Cc1cccc(Br)c1)c1cc(Br)ccc1Br. The van der Waals surface area contributed by atoms with E-state index in [-0.39, 0.29) is 0 Å². The zero-order valence-electron chi connectivity index (χ0n) is 11.9. The van der Waals surface area contributed by atoms with Gasteiger partial charge in [0.15, 0.2) is 0 Å². The van der Waals surface area contributed by atoms with E-state index in [9.17, 15) is 0 Å². The molecule has 0 aromatic heterocycles. The van der Waals surface area contributed by atoms with Crippen molar-refractivity contribution in [3.05, 3.63) is 67.0 Å². The normalized spacial score (nSPS) is 12.4. The van der Waals surface area contributed by atoms with Crippen molar-refractivity contribution in [2.45, 2.75) is 25.8 Å². The molecule has 2 rings (SSSR count). The third-order valence-corrected chi connectivity index (χ3v) is 5.01. The predicted molar refractivity (Wildman–Crippen MR) is 101 cm³/mol. The summed E-state index contributed by atoms with van der Waals surface area (Å²) >= 11 is 10.8. The number of halogens is 3. The number of benzene rings is 2. The van der Waals surface area contributed by atoms with Crippen LogP contribution in [0.25, 0.3) is 0 Å². The second kappa shape index (κ2) is 8.47. The molecule has 1 atom stereocenters. The number of rotatable bonds is 6. The zero-order valence-corrected chi connectivity index (χ0v) is 16.6. The highest BCUT2D eigenvalue weighted by Gasteiger charge is 2.15. The Kier molecular flexibility index (Phi) is 6.93. The Morgan fingerprint density at radius 1 is 1.00 bits per heavy atom. The molecule has 1 nitrogen and oxygen atoms in total. The van der Waals surface area contributed by atoms with E-state index in [1.165, 1.54) is 11.1 Å². The van der Waals surface area contributed by atoms with Crippen molar-refractivity contribution in [3.8, 4) is 0 Å². The fourth-order valence-corrected chi connectivity index (χ4v) is 3.64. The Hall–Kier alpha value is -0.160. The summed E-state index contributed by atoms with van der Waals surface area (Å²) in [5, 5.41) is 3.66. The molecule has 2 aromatic rings. The number of hydrogen-bond acceptors (Lipinski definition) is 1. The molecule has 112 valence electrons. The van der Waals surface area contributed by atoms with Crippen LogP contribution in [0.4, 0.5) is 0 Å². The fourth-order valence-electron chi connectivity index (χ4n) is 2.29. The minimum Gasteiger partial charge on any atom is -0.310 e. The van der Waals surface area contributed by atoms with Gasteiger partial charge in [0.05, 0.1) is 0 Å². The summed E-state index contributed by atoms with van der Waals surface area (Å²) in [6.45, 7) is 3.21. The lowest BCUT2D eigenvalue weighted by atomic mass is 9.99. The molecule has 0 aliphatic heterocycles. The van der Waals surface area contributed by atoms with E-state index >= 15 is 0 Å². The Balaban J connectivity index is 2.27. The number of hydrogen-bond donors (Lipinski definition) is 1. The smallest absolute Gasteiger partial charge is 0.0372 e. The second-order valence-electron chi connectivity index (χ2n) is 5.01. The first-order valence-electron chi connectivity index (χ1n) is 7.03. The van der Waals surface area contributed by atoms with Crippen molar-refractivity contribution in [2.75, 3.05) is 6.54 Å². The molecule has 0 saturated carbocycles. The molecule has 0 aliphatic carbocycles. The molecule has 0 radical (unpaired) electrons. The Bertz CT molecular complexity index is 598. The molecule has 0 spiro atoms. The summed E-state index contributed by atoms with van der Waals surface area (Å²) in [6.07, 6.45) is 2.09. The Morgan fingerprint density at radius 2 is 1.76 bits per heavy atom. The van der Waals surface area contributed by atoms with Gasteiger partial charge in [0.1, 0.15) is 0 Å². The lowest BCUT2D eigenvalue weighted by Crippen LogP contribution is -2.24. The van der Waals surface area contributed by atoms with Gasteiger partial charge in [-0.1, -0.05) is 66.8 Å². The molecule has 0 aliphatic rings. The molecule has 0 amide bonds. The summed E-state index contributed by atoms with van der Waals surface area (Å²) in [5.74, 6) is 0. The molecule has 2 aromatic carbocycles. The molecule has 0 heterocycles. The van der Waals surface area contributed by atoms with Gasteiger partial charge in [-0.2, -0.15) is 0 Å². The maximum absolute atomic E-state index is 3.68. The highest BCUT2D eigenvalue weighted by Crippen LogP contribution is 2.29. The van der Waals surface area contributed by atoms with E-state index in [0.29, 0.717) is 6.04 Å². The van der Waals surface area contributed by atoms with Gasteiger partial charge in [-0.15, -0.1) is 0 Å². The van der Waals surface area contributed by atoms with Crippen molar-refractivity contribution in [1.82, 2.24) is 5.32 Å². The van der Waals surface area contributed by atoms with Crippen LogP contribution in [0.3, 0.4) is 0 Å². The van der Waals surface area contributed by atoms with E-state index in [2.05, 4.69) is 102 Å². The van der Waals surface area contributed by atoms with Crippen molar-refractivity contribution in [3.63, 3.8) is 0 Å². The standard InChI is InChI=1S/C17H18Br3N/c1-2-8-21-17(10-12-4-3-5-13(18)9-12)15-11-14(19)6-7-16(15)20/h3-7,9,11,17,21H,2,8,10H2,1H3. The third kappa shape index (κ3) is 5.20. The van der Waals surface area contributed by atoms with Gasteiger partial charge in [0.2, 0.25) is 0 Å². The van der Waals surface area contributed by atoms with Crippen LogP contribution in [0.2, 0.25) is 0 Å². The van der Waals surface area contributed by atoms with Crippen LogP contribution in [-0.4, -0.2) is 6.54 Å². The minimum atomic E-state index is 0.297. The van der Waals surface area contributed by atoms with E-state index in [1.54, 1.807) is 0 Å². The molecular formula is C17H18Br3N. The van der Waals surface area contributed by atoms with E-state index in [0.717, 1.165) is 32.8 Å². The van der Waals surface area contributed by atoms with Gasteiger partial charge >= 0.3 is 0 Å². The molecule has 0 saturated heterocycles. The van der Waals surface area contributed by atoms with Gasteiger partial charge in [-0.25, -0.2) is 0 Å². The Labute approximate surface area is 151 Å². The summed E-state index contributed by atoms with van der Waals surface area (Å²) in [4.78, 5) is 0. The molecular weight excluding hydrogens is 458 g/mol. The Morgan fingerprint density at radius 3 is 2.48 bits per heavy atom. The van der Waals surface area contributed by atoms with Crippen LogP contribution in [-0.2, 0) is 6.42 Å². The average Bonchev–Trinajstić information content (AvgIpc) is 2.46. The summed E-state index contributed by atoms with van der Waals surface area (Å²) < 4.78 is 3.38. The number of nitrogens with one attached hydrogen (secondary N) is 1. The molecule has 0 fully saturated rings. The van der Waals surface area contributed by atoms with Gasteiger partial charge < -0.3 is 5.32 Å². The fraction of sp³-hybridized carbons (Fsp3) is 0.294. The first-order chi connectivity index (χ1) is 10.1. The lowest BCUT2D eigenvalue weighted by molar-refractivity contribution is 0.527. The van der Waals surface area contributed by atoms with Crippen LogP contribution in [0.5, 0.6) is 0 Å². The van der Waals surface area contributed by atoms with Crippen LogP contribution >= 0.6 is 47.8 Å². The summed E-state index contributed by atoms with van der Waals surface area (Å²) in [6, 6.07) is 15.2. The molecule has 0 bridgehead atoms.